The lowest BCUT2D eigenvalue weighted by molar-refractivity contribution is 0.0995. The van der Waals surface area contributed by atoms with Crippen LogP contribution in [-0.4, -0.2) is 41.5 Å². The van der Waals surface area contributed by atoms with Crippen LogP contribution < -0.4 is 11.1 Å². The maximum Gasteiger partial charge on any atom is 0.267 e. The van der Waals surface area contributed by atoms with Gasteiger partial charge in [-0.15, -0.1) is 0 Å². The van der Waals surface area contributed by atoms with Gasteiger partial charge in [-0.25, -0.2) is 0 Å². The fourth-order valence-corrected chi connectivity index (χ4v) is 3.63. The first kappa shape index (κ1) is 13.4. The summed E-state index contributed by atoms with van der Waals surface area (Å²) in [6.45, 7) is 0.961. The van der Waals surface area contributed by atoms with Crippen LogP contribution in [0, 0.1) is 5.92 Å². The average Bonchev–Trinajstić information content (AvgIpc) is 2.67. The van der Waals surface area contributed by atoms with E-state index in [1.807, 2.05) is 6.07 Å². The predicted molar refractivity (Wildman–Crippen MR) is 78.5 cm³/mol. The van der Waals surface area contributed by atoms with Crippen molar-refractivity contribution >= 4 is 11.6 Å². The fourth-order valence-electron chi connectivity index (χ4n) is 3.63. The summed E-state index contributed by atoms with van der Waals surface area (Å²) < 4.78 is 0. The number of carbonyl (C=O) groups excluding carboxylic acids is 1. The SMILES string of the molecule is CN1C2CCC1CC(CNc1ccnc(C(N)=O)c1)C2. The van der Waals surface area contributed by atoms with Crippen molar-refractivity contribution in [3.63, 3.8) is 0 Å². The second kappa shape index (κ2) is 5.40. The van der Waals surface area contributed by atoms with Crippen LogP contribution >= 0.6 is 0 Å². The maximum absolute atomic E-state index is 11.1. The number of pyridine rings is 1. The molecule has 0 aliphatic carbocycles. The summed E-state index contributed by atoms with van der Waals surface area (Å²) in [7, 11) is 2.26. The van der Waals surface area contributed by atoms with Crippen LogP contribution in [0.2, 0.25) is 0 Å². The average molecular weight is 274 g/mol. The Morgan fingerprint density at radius 3 is 2.80 bits per heavy atom. The Hall–Kier alpha value is -1.62. The van der Waals surface area contributed by atoms with Gasteiger partial charge in [0, 0.05) is 30.5 Å². The number of nitrogens with two attached hydrogens (primary N) is 1. The van der Waals surface area contributed by atoms with Gasteiger partial charge < -0.3 is 16.0 Å². The second-order valence-corrected chi connectivity index (χ2v) is 6.06. The molecule has 0 aromatic carbocycles. The molecule has 3 heterocycles. The van der Waals surface area contributed by atoms with E-state index >= 15 is 0 Å². The van der Waals surface area contributed by atoms with Crippen molar-refractivity contribution in [2.45, 2.75) is 37.8 Å². The highest BCUT2D eigenvalue weighted by atomic mass is 16.1. The third kappa shape index (κ3) is 2.63. The molecule has 3 rings (SSSR count). The molecule has 2 aliphatic heterocycles. The number of piperidine rings is 1. The van der Waals surface area contributed by atoms with Crippen molar-refractivity contribution in [2.75, 3.05) is 18.9 Å². The lowest BCUT2D eigenvalue weighted by Gasteiger charge is -2.36. The molecule has 0 spiro atoms. The van der Waals surface area contributed by atoms with E-state index in [1.165, 1.54) is 25.7 Å². The summed E-state index contributed by atoms with van der Waals surface area (Å²) in [4.78, 5) is 17.6. The molecule has 108 valence electrons. The Balaban J connectivity index is 1.58. The molecule has 2 aliphatic rings. The van der Waals surface area contributed by atoms with Crippen molar-refractivity contribution in [3.8, 4) is 0 Å². The van der Waals surface area contributed by atoms with E-state index in [-0.39, 0.29) is 0 Å². The van der Waals surface area contributed by atoms with Gasteiger partial charge in [0.25, 0.3) is 5.91 Å². The largest absolute Gasteiger partial charge is 0.385 e. The van der Waals surface area contributed by atoms with Crippen LogP contribution in [0.3, 0.4) is 0 Å². The first-order chi connectivity index (χ1) is 9.63. The molecule has 1 amide bonds. The highest BCUT2D eigenvalue weighted by Gasteiger charge is 2.38. The highest BCUT2D eigenvalue weighted by molar-refractivity contribution is 5.91. The number of hydrogen-bond acceptors (Lipinski definition) is 4. The molecule has 2 unspecified atom stereocenters. The van der Waals surface area contributed by atoms with Crippen molar-refractivity contribution in [3.05, 3.63) is 24.0 Å². The number of nitrogens with zero attached hydrogens (tertiary/aromatic N) is 2. The van der Waals surface area contributed by atoms with Gasteiger partial charge in [0.1, 0.15) is 5.69 Å². The van der Waals surface area contributed by atoms with E-state index in [1.54, 1.807) is 12.3 Å². The van der Waals surface area contributed by atoms with Crippen molar-refractivity contribution < 1.29 is 4.79 Å². The highest BCUT2D eigenvalue weighted by Crippen LogP contribution is 2.37. The normalized spacial score (nSPS) is 29.4. The van der Waals surface area contributed by atoms with Gasteiger partial charge in [0.2, 0.25) is 0 Å². The van der Waals surface area contributed by atoms with Gasteiger partial charge in [-0.1, -0.05) is 0 Å². The minimum Gasteiger partial charge on any atom is -0.385 e. The van der Waals surface area contributed by atoms with Crippen molar-refractivity contribution in [1.82, 2.24) is 9.88 Å². The van der Waals surface area contributed by atoms with Crippen LogP contribution in [-0.2, 0) is 0 Å². The standard InChI is InChI=1S/C15H22N4O/c1-19-12-2-3-13(19)7-10(6-12)9-18-11-4-5-17-14(8-11)15(16)20/h4-5,8,10,12-13H,2-3,6-7,9H2,1H3,(H2,16,20)(H,17,18). The molecule has 2 fully saturated rings. The zero-order chi connectivity index (χ0) is 14.1. The molecule has 0 radical (unpaired) electrons. The minimum absolute atomic E-state index is 0.318. The molecule has 20 heavy (non-hydrogen) atoms. The Morgan fingerprint density at radius 1 is 1.45 bits per heavy atom. The van der Waals surface area contributed by atoms with E-state index in [9.17, 15) is 4.79 Å². The third-order valence-corrected chi connectivity index (χ3v) is 4.80. The number of fused-ring (bicyclic) bond motifs is 2. The summed E-state index contributed by atoms with van der Waals surface area (Å²) >= 11 is 0. The Morgan fingerprint density at radius 2 is 2.15 bits per heavy atom. The van der Waals surface area contributed by atoms with Crippen molar-refractivity contribution in [1.29, 1.82) is 0 Å². The van der Waals surface area contributed by atoms with E-state index < -0.39 is 5.91 Å². The Labute approximate surface area is 119 Å². The number of rotatable bonds is 4. The molecule has 3 N–H and O–H groups in total. The first-order valence-corrected chi connectivity index (χ1v) is 7.35. The summed E-state index contributed by atoms with van der Waals surface area (Å²) in [6, 6.07) is 5.14. The molecule has 2 bridgehead atoms. The van der Waals surface area contributed by atoms with Gasteiger partial charge in [0.15, 0.2) is 0 Å². The molecule has 2 saturated heterocycles. The third-order valence-electron chi connectivity index (χ3n) is 4.80. The Kier molecular flexibility index (Phi) is 3.61. The fraction of sp³-hybridized carbons (Fsp3) is 0.600. The first-order valence-electron chi connectivity index (χ1n) is 7.35. The quantitative estimate of drug-likeness (QED) is 0.872. The van der Waals surface area contributed by atoms with Gasteiger partial charge in [-0.05, 0) is 50.8 Å². The number of primary amides is 1. The molecule has 5 heteroatoms. The summed E-state index contributed by atoms with van der Waals surface area (Å²) in [5, 5.41) is 3.43. The lowest BCUT2D eigenvalue weighted by atomic mass is 9.91. The monoisotopic (exact) mass is 274 g/mol. The summed E-state index contributed by atoms with van der Waals surface area (Å²) in [6.07, 6.45) is 6.86. The van der Waals surface area contributed by atoms with Gasteiger partial charge in [-0.2, -0.15) is 0 Å². The van der Waals surface area contributed by atoms with Crippen LogP contribution in [0.4, 0.5) is 5.69 Å². The smallest absolute Gasteiger partial charge is 0.267 e. The molecule has 1 aromatic rings. The van der Waals surface area contributed by atoms with Gasteiger partial charge >= 0.3 is 0 Å². The molecule has 5 nitrogen and oxygen atoms in total. The Bertz CT molecular complexity index is 490. The number of anilines is 1. The van der Waals surface area contributed by atoms with Gasteiger partial charge in [-0.3, -0.25) is 9.78 Å². The van der Waals surface area contributed by atoms with Gasteiger partial charge in [0.05, 0.1) is 0 Å². The number of amides is 1. The summed E-state index contributed by atoms with van der Waals surface area (Å²) in [5.41, 5.74) is 6.50. The zero-order valence-electron chi connectivity index (χ0n) is 11.9. The van der Waals surface area contributed by atoms with Crippen LogP contribution in [0.25, 0.3) is 0 Å². The van der Waals surface area contributed by atoms with Crippen molar-refractivity contribution in [2.24, 2.45) is 11.7 Å². The maximum atomic E-state index is 11.1. The molecule has 0 saturated carbocycles. The molecule has 1 aromatic heterocycles. The van der Waals surface area contributed by atoms with Crippen LogP contribution in [0.15, 0.2) is 18.3 Å². The topological polar surface area (TPSA) is 71.2 Å². The van der Waals surface area contributed by atoms with E-state index in [0.29, 0.717) is 11.6 Å². The number of hydrogen-bond donors (Lipinski definition) is 2. The van der Waals surface area contributed by atoms with E-state index in [4.69, 9.17) is 5.73 Å². The predicted octanol–water partition coefficient (Wildman–Crippen LogP) is 1.47. The van der Waals surface area contributed by atoms with E-state index in [2.05, 4.69) is 22.2 Å². The molecule has 2 atom stereocenters. The summed E-state index contributed by atoms with van der Waals surface area (Å²) in [5.74, 6) is 0.236. The number of carbonyl (C=O) groups is 1. The molecular formula is C15H22N4O. The lowest BCUT2D eigenvalue weighted by Crippen LogP contribution is -2.41. The number of nitrogens with one attached hydrogen (secondary N) is 1. The second-order valence-electron chi connectivity index (χ2n) is 6.06. The van der Waals surface area contributed by atoms with E-state index in [0.717, 1.165) is 24.3 Å². The molecular weight excluding hydrogens is 252 g/mol. The number of aromatic nitrogens is 1. The minimum atomic E-state index is -0.481. The van der Waals surface area contributed by atoms with Crippen LogP contribution in [0.1, 0.15) is 36.2 Å². The zero-order valence-corrected chi connectivity index (χ0v) is 11.9. The van der Waals surface area contributed by atoms with Crippen LogP contribution in [0.5, 0.6) is 0 Å².